The van der Waals surface area contributed by atoms with Crippen LogP contribution in [-0.4, -0.2) is 10.2 Å². The molecule has 0 fully saturated rings. The van der Waals surface area contributed by atoms with Gasteiger partial charge < -0.3 is 10.2 Å². The van der Waals surface area contributed by atoms with Crippen LogP contribution >= 0.6 is 39.1 Å². The van der Waals surface area contributed by atoms with Crippen LogP contribution < -0.4 is 0 Å². The highest BCUT2D eigenvalue weighted by Crippen LogP contribution is 2.48. The molecule has 22 heavy (non-hydrogen) atoms. The molecule has 5 heteroatoms. The van der Waals surface area contributed by atoms with Crippen molar-refractivity contribution in [1.82, 2.24) is 0 Å². The van der Waals surface area contributed by atoms with Crippen molar-refractivity contribution in [1.29, 1.82) is 0 Å². The summed E-state index contributed by atoms with van der Waals surface area (Å²) in [7, 11) is 0. The Bertz CT molecular complexity index is 881. The molecular formula is C17H11BrCl2O2. The lowest BCUT2D eigenvalue weighted by atomic mass is 9.95. The van der Waals surface area contributed by atoms with Gasteiger partial charge in [-0.05, 0) is 47.5 Å². The maximum Gasteiger partial charge on any atom is 0.143 e. The summed E-state index contributed by atoms with van der Waals surface area (Å²) in [6.07, 6.45) is 0. The van der Waals surface area contributed by atoms with Crippen LogP contribution in [0.1, 0.15) is 5.56 Å². The van der Waals surface area contributed by atoms with Crippen molar-refractivity contribution in [3.05, 3.63) is 56.5 Å². The van der Waals surface area contributed by atoms with E-state index in [4.69, 9.17) is 23.2 Å². The van der Waals surface area contributed by atoms with Crippen LogP contribution in [0.5, 0.6) is 11.5 Å². The Balaban J connectivity index is 2.48. The average molecular weight is 398 g/mol. The topological polar surface area (TPSA) is 40.5 Å². The average Bonchev–Trinajstić information content (AvgIpc) is 2.47. The zero-order valence-corrected chi connectivity index (χ0v) is 14.6. The molecule has 3 aromatic carbocycles. The van der Waals surface area contributed by atoms with Crippen molar-refractivity contribution in [3.8, 4) is 22.6 Å². The normalized spacial score (nSPS) is 11.1. The Hall–Kier alpha value is -1.42. The smallest absolute Gasteiger partial charge is 0.143 e. The number of phenols is 2. The van der Waals surface area contributed by atoms with Gasteiger partial charge in [0.05, 0.1) is 10.0 Å². The molecule has 0 aliphatic carbocycles. The molecular weight excluding hydrogens is 387 g/mol. The SMILES string of the molecule is Cc1cc(Cl)c(O)c(-c2c(O)ccc3cc(Br)ccc23)c1Cl. The summed E-state index contributed by atoms with van der Waals surface area (Å²) >= 11 is 15.9. The van der Waals surface area contributed by atoms with E-state index < -0.39 is 0 Å². The fourth-order valence-corrected chi connectivity index (χ4v) is 3.40. The number of hydrogen-bond acceptors (Lipinski definition) is 2. The Kier molecular flexibility index (Phi) is 3.98. The van der Waals surface area contributed by atoms with Gasteiger partial charge >= 0.3 is 0 Å². The van der Waals surface area contributed by atoms with Gasteiger partial charge in [-0.3, -0.25) is 0 Å². The van der Waals surface area contributed by atoms with Crippen LogP contribution in [0.25, 0.3) is 21.9 Å². The lowest BCUT2D eigenvalue weighted by Crippen LogP contribution is -1.89. The van der Waals surface area contributed by atoms with Gasteiger partial charge in [-0.1, -0.05) is 51.3 Å². The van der Waals surface area contributed by atoms with Gasteiger partial charge in [0.1, 0.15) is 11.5 Å². The van der Waals surface area contributed by atoms with Crippen molar-refractivity contribution in [3.63, 3.8) is 0 Å². The van der Waals surface area contributed by atoms with Crippen LogP contribution in [-0.2, 0) is 0 Å². The number of phenolic OH excluding ortho intramolecular Hbond substituents is 2. The molecule has 0 aliphatic rings. The van der Waals surface area contributed by atoms with E-state index in [9.17, 15) is 10.2 Å². The first-order valence-electron chi connectivity index (χ1n) is 6.49. The predicted octanol–water partition coefficient (Wildman–Crippen LogP) is 6.30. The molecule has 0 unspecified atom stereocenters. The Morgan fingerprint density at radius 3 is 2.41 bits per heavy atom. The minimum absolute atomic E-state index is 0.0358. The van der Waals surface area contributed by atoms with Gasteiger partial charge in [0.15, 0.2) is 0 Å². The second-order valence-corrected chi connectivity index (χ2v) is 6.74. The second-order valence-electron chi connectivity index (χ2n) is 5.04. The number of rotatable bonds is 1. The summed E-state index contributed by atoms with van der Waals surface area (Å²) in [4.78, 5) is 0. The molecule has 3 aromatic rings. The van der Waals surface area contributed by atoms with Gasteiger partial charge in [-0.15, -0.1) is 0 Å². The van der Waals surface area contributed by atoms with Crippen LogP contribution in [0.2, 0.25) is 10.0 Å². The lowest BCUT2D eigenvalue weighted by molar-refractivity contribution is 0.470. The van der Waals surface area contributed by atoms with E-state index in [2.05, 4.69) is 15.9 Å². The third-order valence-corrected chi connectivity index (χ3v) is 4.85. The van der Waals surface area contributed by atoms with Gasteiger partial charge in [-0.2, -0.15) is 0 Å². The molecule has 0 atom stereocenters. The Morgan fingerprint density at radius 2 is 1.68 bits per heavy atom. The fraction of sp³-hybridized carbons (Fsp3) is 0.0588. The highest BCUT2D eigenvalue weighted by molar-refractivity contribution is 9.10. The second kappa shape index (κ2) is 5.65. The quantitative estimate of drug-likeness (QED) is 0.506. The third-order valence-electron chi connectivity index (χ3n) is 3.58. The molecule has 0 heterocycles. The molecule has 0 saturated heterocycles. The van der Waals surface area contributed by atoms with Crippen LogP contribution in [0, 0.1) is 6.92 Å². The van der Waals surface area contributed by atoms with Gasteiger partial charge in [0.25, 0.3) is 0 Å². The van der Waals surface area contributed by atoms with E-state index in [1.165, 1.54) is 0 Å². The third kappa shape index (κ3) is 2.43. The molecule has 0 aromatic heterocycles. The van der Waals surface area contributed by atoms with Crippen LogP contribution in [0.3, 0.4) is 0 Å². The summed E-state index contributed by atoms with van der Waals surface area (Å²) < 4.78 is 0.925. The molecule has 3 rings (SSSR count). The van der Waals surface area contributed by atoms with E-state index in [0.29, 0.717) is 16.1 Å². The van der Waals surface area contributed by atoms with Crippen LogP contribution in [0.15, 0.2) is 40.9 Å². The molecule has 2 N–H and O–H groups in total. The first-order valence-corrected chi connectivity index (χ1v) is 8.04. The lowest BCUT2D eigenvalue weighted by Gasteiger charge is -2.15. The molecule has 2 nitrogen and oxygen atoms in total. The molecule has 0 radical (unpaired) electrons. The van der Waals surface area contributed by atoms with E-state index in [0.717, 1.165) is 20.8 Å². The van der Waals surface area contributed by atoms with Crippen molar-refractivity contribution in [2.24, 2.45) is 0 Å². The molecule has 112 valence electrons. The van der Waals surface area contributed by atoms with Gasteiger partial charge in [0, 0.05) is 15.6 Å². The maximum absolute atomic E-state index is 10.4. The maximum atomic E-state index is 10.4. The number of halogens is 3. The monoisotopic (exact) mass is 396 g/mol. The zero-order chi connectivity index (χ0) is 16.0. The highest BCUT2D eigenvalue weighted by Gasteiger charge is 2.20. The molecule has 0 amide bonds. The molecule has 0 aliphatic heterocycles. The molecule has 0 saturated carbocycles. The summed E-state index contributed by atoms with van der Waals surface area (Å²) in [5.74, 6) is -0.100. The van der Waals surface area contributed by atoms with E-state index in [1.807, 2.05) is 18.2 Å². The summed E-state index contributed by atoms with van der Waals surface area (Å²) in [6, 6.07) is 10.6. The first kappa shape index (κ1) is 15.5. The van der Waals surface area contributed by atoms with E-state index >= 15 is 0 Å². The minimum Gasteiger partial charge on any atom is -0.507 e. The predicted molar refractivity (Wildman–Crippen MR) is 95.2 cm³/mol. The summed E-state index contributed by atoms with van der Waals surface area (Å²) in [5.41, 5.74) is 1.54. The Labute approximate surface area is 146 Å². The zero-order valence-electron chi connectivity index (χ0n) is 11.5. The van der Waals surface area contributed by atoms with Crippen LogP contribution in [0.4, 0.5) is 0 Å². The van der Waals surface area contributed by atoms with Crippen molar-refractivity contribution in [2.45, 2.75) is 6.92 Å². The number of benzene rings is 3. The number of fused-ring (bicyclic) bond motifs is 1. The minimum atomic E-state index is -0.136. The standard InChI is InChI=1S/C17H11BrCl2O2/c1-8-6-12(19)17(22)15(16(8)20)14-11-4-3-10(18)7-9(11)2-5-13(14)21/h2-7,21-22H,1H3. The summed E-state index contributed by atoms with van der Waals surface area (Å²) in [5, 5.41) is 23.0. The number of hydrogen-bond donors (Lipinski definition) is 2. The van der Waals surface area contributed by atoms with Crippen molar-refractivity contribution >= 4 is 49.9 Å². The molecule has 0 spiro atoms. The van der Waals surface area contributed by atoms with Gasteiger partial charge in [0.2, 0.25) is 0 Å². The molecule has 0 bridgehead atoms. The summed E-state index contributed by atoms with van der Waals surface area (Å²) in [6.45, 7) is 1.80. The van der Waals surface area contributed by atoms with Gasteiger partial charge in [-0.25, -0.2) is 0 Å². The largest absolute Gasteiger partial charge is 0.507 e. The number of aromatic hydroxyl groups is 2. The number of aryl methyl sites for hydroxylation is 1. The van der Waals surface area contributed by atoms with Crippen molar-refractivity contribution in [2.75, 3.05) is 0 Å². The van der Waals surface area contributed by atoms with E-state index in [-0.39, 0.29) is 16.5 Å². The highest BCUT2D eigenvalue weighted by atomic mass is 79.9. The van der Waals surface area contributed by atoms with E-state index in [1.54, 1.807) is 25.1 Å². The fourth-order valence-electron chi connectivity index (χ4n) is 2.52. The van der Waals surface area contributed by atoms with Crippen molar-refractivity contribution < 1.29 is 10.2 Å². The Morgan fingerprint density at radius 1 is 0.955 bits per heavy atom. The first-order chi connectivity index (χ1) is 10.4.